The number of benzene rings is 1. The maximum absolute atomic E-state index is 12.5. The number of carbonyl (C=O) groups excluding carboxylic acids is 1. The van der Waals surface area contributed by atoms with Crippen molar-refractivity contribution in [2.24, 2.45) is 0 Å². The summed E-state index contributed by atoms with van der Waals surface area (Å²) in [6.45, 7) is 1.92. The Morgan fingerprint density at radius 1 is 1.24 bits per heavy atom. The molecule has 0 aliphatic carbocycles. The van der Waals surface area contributed by atoms with Crippen LogP contribution in [0.3, 0.4) is 0 Å². The Balaban J connectivity index is 1.56. The lowest BCUT2D eigenvalue weighted by Crippen LogP contribution is -2.29. The zero-order valence-electron chi connectivity index (χ0n) is 16.1. The number of aliphatic hydroxyl groups is 1. The van der Waals surface area contributed by atoms with Crippen molar-refractivity contribution in [1.29, 1.82) is 0 Å². The van der Waals surface area contributed by atoms with Gasteiger partial charge in [0.1, 0.15) is 5.65 Å². The molecule has 0 saturated carbocycles. The molecule has 7 nitrogen and oxygen atoms in total. The van der Waals surface area contributed by atoms with Crippen molar-refractivity contribution < 1.29 is 14.5 Å². The van der Waals surface area contributed by atoms with E-state index in [2.05, 4.69) is 14.7 Å². The fraction of sp³-hybridized carbons (Fsp3) is 0.333. The van der Waals surface area contributed by atoms with Crippen LogP contribution >= 0.6 is 0 Å². The summed E-state index contributed by atoms with van der Waals surface area (Å²) in [6, 6.07) is 11.4. The molecule has 0 radical (unpaired) electrons. The number of amides is 1. The van der Waals surface area contributed by atoms with Gasteiger partial charge in [0.2, 0.25) is 5.91 Å². The van der Waals surface area contributed by atoms with E-state index in [0.29, 0.717) is 11.3 Å². The zero-order valence-corrected chi connectivity index (χ0v) is 16.9. The number of nitrogens with one attached hydrogen (secondary N) is 2. The van der Waals surface area contributed by atoms with Crippen molar-refractivity contribution >= 4 is 28.3 Å². The molecule has 152 valence electrons. The van der Waals surface area contributed by atoms with Gasteiger partial charge >= 0.3 is 0 Å². The number of rotatable bonds is 7. The van der Waals surface area contributed by atoms with E-state index in [1.165, 1.54) is 0 Å². The minimum atomic E-state index is -1.35. The molecular weight excluding hydrogens is 388 g/mol. The van der Waals surface area contributed by atoms with E-state index in [9.17, 15) is 9.35 Å². The molecule has 3 N–H and O–H groups in total. The van der Waals surface area contributed by atoms with Crippen LogP contribution in [0.4, 0.5) is 0 Å². The Kier molecular flexibility index (Phi) is 6.15. The molecular formula is C21H24N4O3S. The van der Waals surface area contributed by atoms with Crippen molar-refractivity contribution in [3.05, 3.63) is 48.3 Å². The minimum absolute atomic E-state index is 0.0606. The minimum Gasteiger partial charge on any atom is -0.593 e. The molecule has 3 heterocycles. The normalized spacial score (nSPS) is 15.2. The second kappa shape index (κ2) is 8.96. The predicted octanol–water partition coefficient (Wildman–Crippen LogP) is 2.00. The van der Waals surface area contributed by atoms with Crippen LogP contribution in [0.2, 0.25) is 0 Å². The largest absolute Gasteiger partial charge is 0.593 e. The summed E-state index contributed by atoms with van der Waals surface area (Å²) in [6.07, 6.45) is 4.26. The molecule has 1 saturated heterocycles. The van der Waals surface area contributed by atoms with Crippen LogP contribution in [0.1, 0.15) is 18.5 Å². The van der Waals surface area contributed by atoms with E-state index in [4.69, 9.17) is 5.11 Å². The Labute approximate surface area is 172 Å². The van der Waals surface area contributed by atoms with Crippen LogP contribution < -0.4 is 4.72 Å². The summed E-state index contributed by atoms with van der Waals surface area (Å²) in [4.78, 5) is 22.7. The van der Waals surface area contributed by atoms with Crippen LogP contribution in [-0.4, -0.2) is 56.7 Å². The first kappa shape index (κ1) is 19.9. The maximum Gasteiger partial charge on any atom is 0.228 e. The van der Waals surface area contributed by atoms with Crippen molar-refractivity contribution in [2.45, 2.75) is 24.2 Å². The topological polar surface area (TPSA) is 104 Å². The highest BCUT2D eigenvalue weighted by atomic mass is 32.2. The summed E-state index contributed by atoms with van der Waals surface area (Å²) in [7, 11) is 0. The Hall–Kier alpha value is -2.39. The van der Waals surface area contributed by atoms with Crippen LogP contribution in [0.5, 0.6) is 0 Å². The molecule has 8 heteroatoms. The highest BCUT2D eigenvalue weighted by Crippen LogP contribution is 2.29. The standard InChI is InChI=1S/C21H24N4O3S/c26-12-9-23-29(28)17-5-3-15(4-6-17)18-7-8-22-21-19(18)13-16(24-21)14-20(27)25-10-1-2-11-25/h3-8,13,23,26H,1-2,9-12,14H2,(H,22,24)/t29-/m0/s1. The summed E-state index contributed by atoms with van der Waals surface area (Å²) in [5.74, 6) is 0.151. The van der Waals surface area contributed by atoms with Gasteiger partial charge in [-0.15, -0.1) is 4.72 Å². The van der Waals surface area contributed by atoms with Crippen LogP contribution in [0.25, 0.3) is 22.2 Å². The van der Waals surface area contributed by atoms with Gasteiger partial charge in [-0.3, -0.25) is 4.79 Å². The van der Waals surface area contributed by atoms with Crippen LogP contribution in [0, 0.1) is 0 Å². The number of aliphatic hydroxyl groups excluding tert-OH is 1. The van der Waals surface area contributed by atoms with Gasteiger partial charge < -0.3 is 19.5 Å². The lowest BCUT2D eigenvalue weighted by Gasteiger charge is -2.14. The van der Waals surface area contributed by atoms with Crippen LogP contribution in [-0.2, 0) is 22.6 Å². The number of aromatic nitrogens is 2. The van der Waals surface area contributed by atoms with Gasteiger partial charge in [0, 0.05) is 30.4 Å². The van der Waals surface area contributed by atoms with Crippen LogP contribution in [0.15, 0.2) is 47.5 Å². The highest BCUT2D eigenvalue weighted by molar-refractivity contribution is 7.89. The molecule has 4 rings (SSSR count). The van der Waals surface area contributed by atoms with Gasteiger partial charge in [0.15, 0.2) is 4.90 Å². The van der Waals surface area contributed by atoms with Crippen molar-refractivity contribution in [2.75, 3.05) is 26.2 Å². The molecule has 29 heavy (non-hydrogen) atoms. The lowest BCUT2D eigenvalue weighted by atomic mass is 10.0. The highest BCUT2D eigenvalue weighted by Gasteiger charge is 2.19. The lowest BCUT2D eigenvalue weighted by molar-refractivity contribution is -0.129. The van der Waals surface area contributed by atoms with Gasteiger partial charge in [-0.25, -0.2) is 4.98 Å². The average Bonchev–Trinajstić information content (AvgIpc) is 3.41. The fourth-order valence-electron chi connectivity index (χ4n) is 3.65. The smallest absolute Gasteiger partial charge is 0.228 e. The summed E-state index contributed by atoms with van der Waals surface area (Å²) in [5, 5.41) is 9.81. The summed E-state index contributed by atoms with van der Waals surface area (Å²) >= 11 is -1.35. The molecule has 2 aromatic heterocycles. The first-order valence-electron chi connectivity index (χ1n) is 9.76. The van der Waals surface area contributed by atoms with Gasteiger partial charge in [0.05, 0.1) is 30.9 Å². The van der Waals surface area contributed by atoms with Crippen molar-refractivity contribution in [3.8, 4) is 11.1 Å². The molecule has 1 aliphatic heterocycles. The van der Waals surface area contributed by atoms with Gasteiger partial charge in [-0.1, -0.05) is 0 Å². The number of aromatic amines is 1. The SMILES string of the molecule is O=C(Cc1cc2c(-c3ccc([S@+]([O-])NCCO)cc3)ccnc2[nH]1)N1CCCC1. The Bertz CT molecular complexity index is 983. The Morgan fingerprint density at radius 2 is 2.00 bits per heavy atom. The Morgan fingerprint density at radius 3 is 2.72 bits per heavy atom. The van der Waals surface area contributed by atoms with Gasteiger partial charge in [-0.05, 0) is 60.4 Å². The number of hydrogen-bond acceptors (Lipinski definition) is 5. The fourth-order valence-corrected chi connectivity index (χ4v) is 4.48. The van der Waals surface area contributed by atoms with E-state index in [1.54, 1.807) is 6.20 Å². The number of H-pyrrole nitrogens is 1. The summed E-state index contributed by atoms with van der Waals surface area (Å²) < 4.78 is 14.9. The average molecular weight is 413 g/mol. The molecule has 0 spiro atoms. The third-order valence-electron chi connectivity index (χ3n) is 5.11. The maximum atomic E-state index is 12.5. The second-order valence-corrected chi connectivity index (χ2v) is 8.39. The number of likely N-dealkylation sites (tertiary alicyclic amines) is 1. The number of carbonyl (C=O) groups is 1. The van der Waals surface area contributed by atoms with E-state index in [1.807, 2.05) is 41.3 Å². The van der Waals surface area contributed by atoms with Gasteiger partial charge in [-0.2, -0.15) is 0 Å². The molecule has 1 aromatic carbocycles. The second-order valence-electron chi connectivity index (χ2n) is 7.09. The van der Waals surface area contributed by atoms with E-state index in [0.717, 1.165) is 53.8 Å². The molecule has 0 unspecified atom stereocenters. The predicted molar refractivity (Wildman–Crippen MR) is 113 cm³/mol. The quantitative estimate of drug-likeness (QED) is 0.515. The third-order valence-corrected chi connectivity index (χ3v) is 6.28. The van der Waals surface area contributed by atoms with Crippen molar-refractivity contribution in [3.63, 3.8) is 0 Å². The number of hydrogen-bond donors (Lipinski definition) is 3. The number of fused-ring (bicyclic) bond motifs is 1. The molecule has 3 aromatic rings. The third kappa shape index (κ3) is 4.45. The van der Waals surface area contributed by atoms with Gasteiger partial charge in [0.25, 0.3) is 0 Å². The first-order chi connectivity index (χ1) is 14.2. The molecule has 1 aliphatic rings. The van der Waals surface area contributed by atoms with Crippen molar-refractivity contribution in [1.82, 2.24) is 19.6 Å². The van der Waals surface area contributed by atoms with E-state index >= 15 is 0 Å². The number of nitrogens with zero attached hydrogens (tertiary/aromatic N) is 2. The van der Waals surface area contributed by atoms with E-state index < -0.39 is 11.4 Å². The molecule has 1 fully saturated rings. The van der Waals surface area contributed by atoms with E-state index in [-0.39, 0.29) is 19.1 Å². The molecule has 1 amide bonds. The molecule has 1 atom stereocenters. The number of pyridine rings is 1. The monoisotopic (exact) mass is 412 g/mol. The molecule has 0 bridgehead atoms. The first-order valence-corrected chi connectivity index (χ1v) is 10.9. The summed E-state index contributed by atoms with van der Waals surface area (Å²) in [5.41, 5.74) is 3.61. The zero-order chi connectivity index (χ0) is 20.2.